The number of benzene rings is 1. The smallest absolute Gasteiger partial charge is 0.258 e. The molecule has 24 heavy (non-hydrogen) atoms. The largest absolute Gasteiger partial charge is 0.326 e. The van der Waals surface area contributed by atoms with Gasteiger partial charge in [0.1, 0.15) is 0 Å². The highest BCUT2D eigenvalue weighted by Gasteiger charge is 2.12. The third-order valence-electron chi connectivity index (χ3n) is 3.32. The van der Waals surface area contributed by atoms with Gasteiger partial charge in [-0.25, -0.2) is 4.98 Å². The Hall–Kier alpha value is -2.51. The molecule has 2 heterocycles. The molecule has 0 aliphatic rings. The third kappa shape index (κ3) is 4.06. The number of carbonyl (C=O) groups is 2. The number of amides is 2. The lowest BCUT2D eigenvalue weighted by atomic mass is 10.2. The van der Waals surface area contributed by atoms with Crippen molar-refractivity contribution in [3.8, 4) is 0 Å². The zero-order chi connectivity index (χ0) is 16.9. The SMILES string of the molecule is Cc1ccccc1NC(=O)Cc1csc(NC(=O)c2ccsc2)n1. The number of thiazole rings is 1. The summed E-state index contributed by atoms with van der Waals surface area (Å²) < 4.78 is 0. The lowest BCUT2D eigenvalue weighted by molar-refractivity contribution is -0.115. The van der Waals surface area contributed by atoms with Crippen LogP contribution in [0.25, 0.3) is 0 Å². The van der Waals surface area contributed by atoms with Crippen molar-refractivity contribution in [3.05, 3.63) is 63.3 Å². The van der Waals surface area contributed by atoms with E-state index in [2.05, 4.69) is 15.6 Å². The van der Waals surface area contributed by atoms with Crippen LogP contribution in [0.5, 0.6) is 0 Å². The van der Waals surface area contributed by atoms with Crippen molar-refractivity contribution in [1.82, 2.24) is 4.98 Å². The maximum atomic E-state index is 12.1. The van der Waals surface area contributed by atoms with E-state index in [1.54, 1.807) is 16.8 Å². The monoisotopic (exact) mass is 357 g/mol. The average Bonchev–Trinajstić information content (AvgIpc) is 3.21. The number of rotatable bonds is 5. The minimum absolute atomic E-state index is 0.134. The predicted octanol–water partition coefficient (Wildman–Crippen LogP) is 3.95. The molecule has 3 rings (SSSR count). The van der Waals surface area contributed by atoms with E-state index in [-0.39, 0.29) is 18.2 Å². The van der Waals surface area contributed by atoms with Crippen molar-refractivity contribution in [2.45, 2.75) is 13.3 Å². The zero-order valence-corrected chi connectivity index (χ0v) is 14.5. The maximum Gasteiger partial charge on any atom is 0.258 e. The first-order chi connectivity index (χ1) is 11.6. The number of nitrogens with one attached hydrogen (secondary N) is 2. The molecule has 3 aromatic rings. The Morgan fingerprint density at radius 1 is 1.12 bits per heavy atom. The first-order valence-electron chi connectivity index (χ1n) is 7.25. The van der Waals surface area contributed by atoms with E-state index in [1.165, 1.54) is 22.7 Å². The van der Waals surface area contributed by atoms with Crippen LogP contribution in [0, 0.1) is 6.92 Å². The van der Waals surface area contributed by atoms with Gasteiger partial charge >= 0.3 is 0 Å². The van der Waals surface area contributed by atoms with Gasteiger partial charge in [0.25, 0.3) is 5.91 Å². The van der Waals surface area contributed by atoms with Crippen LogP contribution < -0.4 is 10.6 Å². The van der Waals surface area contributed by atoms with Crippen LogP contribution >= 0.6 is 22.7 Å². The molecule has 2 aromatic heterocycles. The molecular formula is C17H15N3O2S2. The van der Waals surface area contributed by atoms with Gasteiger partial charge in [-0.05, 0) is 30.0 Å². The minimum atomic E-state index is -0.193. The Balaban J connectivity index is 1.58. The quantitative estimate of drug-likeness (QED) is 0.726. The number of aryl methyl sites for hydroxylation is 1. The van der Waals surface area contributed by atoms with Gasteiger partial charge in [0.2, 0.25) is 5.91 Å². The molecule has 122 valence electrons. The fourth-order valence-corrected chi connectivity index (χ4v) is 3.42. The van der Waals surface area contributed by atoms with Gasteiger partial charge in [-0.3, -0.25) is 14.9 Å². The summed E-state index contributed by atoms with van der Waals surface area (Å²) in [6, 6.07) is 9.36. The number of anilines is 2. The molecule has 0 atom stereocenters. The van der Waals surface area contributed by atoms with Crippen LogP contribution in [0.1, 0.15) is 21.6 Å². The topological polar surface area (TPSA) is 71.1 Å². The molecule has 7 heteroatoms. The zero-order valence-electron chi connectivity index (χ0n) is 12.9. The van der Waals surface area contributed by atoms with Gasteiger partial charge in [0, 0.05) is 16.4 Å². The third-order valence-corrected chi connectivity index (χ3v) is 4.81. The van der Waals surface area contributed by atoms with Crippen molar-refractivity contribution in [1.29, 1.82) is 0 Å². The molecule has 0 unspecified atom stereocenters. The number of thiophene rings is 1. The van der Waals surface area contributed by atoms with E-state index in [1.807, 2.05) is 36.6 Å². The van der Waals surface area contributed by atoms with Crippen molar-refractivity contribution < 1.29 is 9.59 Å². The molecule has 0 radical (unpaired) electrons. The molecule has 1 aromatic carbocycles. The van der Waals surface area contributed by atoms with E-state index in [0.29, 0.717) is 16.4 Å². The van der Waals surface area contributed by atoms with Crippen molar-refractivity contribution >= 4 is 45.3 Å². The Bertz CT molecular complexity index is 856. The second-order valence-electron chi connectivity index (χ2n) is 5.15. The average molecular weight is 357 g/mol. The summed E-state index contributed by atoms with van der Waals surface area (Å²) in [6.45, 7) is 1.94. The lowest BCUT2D eigenvalue weighted by Crippen LogP contribution is -2.15. The molecule has 5 nitrogen and oxygen atoms in total. The second-order valence-corrected chi connectivity index (χ2v) is 6.79. The number of hydrogen-bond acceptors (Lipinski definition) is 5. The van der Waals surface area contributed by atoms with E-state index in [0.717, 1.165) is 11.3 Å². The highest BCUT2D eigenvalue weighted by atomic mass is 32.1. The van der Waals surface area contributed by atoms with E-state index < -0.39 is 0 Å². The molecule has 0 saturated carbocycles. The number of nitrogens with zero attached hydrogens (tertiary/aromatic N) is 1. The molecular weight excluding hydrogens is 342 g/mol. The molecule has 0 fully saturated rings. The van der Waals surface area contributed by atoms with Gasteiger partial charge in [-0.2, -0.15) is 11.3 Å². The Morgan fingerprint density at radius 3 is 2.71 bits per heavy atom. The van der Waals surface area contributed by atoms with Gasteiger partial charge in [0.05, 0.1) is 17.7 Å². The van der Waals surface area contributed by atoms with Crippen LogP contribution in [0.3, 0.4) is 0 Å². The standard InChI is InChI=1S/C17H15N3O2S2/c1-11-4-2-3-5-14(11)19-15(21)8-13-10-24-17(18-13)20-16(22)12-6-7-23-9-12/h2-7,9-10H,8H2,1H3,(H,19,21)(H,18,20,22). The van der Waals surface area contributed by atoms with Crippen molar-refractivity contribution in [2.24, 2.45) is 0 Å². The molecule has 2 N–H and O–H groups in total. The van der Waals surface area contributed by atoms with Crippen LogP contribution in [0.4, 0.5) is 10.8 Å². The lowest BCUT2D eigenvalue weighted by Gasteiger charge is -2.06. The van der Waals surface area contributed by atoms with E-state index in [9.17, 15) is 9.59 Å². The summed E-state index contributed by atoms with van der Waals surface area (Å²) in [4.78, 5) is 28.4. The summed E-state index contributed by atoms with van der Waals surface area (Å²) in [6.07, 6.45) is 0.166. The molecule has 0 bridgehead atoms. The Kier molecular flexibility index (Phi) is 5.02. The van der Waals surface area contributed by atoms with Crippen molar-refractivity contribution in [2.75, 3.05) is 10.6 Å². The maximum absolute atomic E-state index is 12.1. The predicted molar refractivity (Wildman–Crippen MR) is 97.9 cm³/mol. The number of hydrogen-bond donors (Lipinski definition) is 2. The van der Waals surface area contributed by atoms with Gasteiger partial charge in [-0.15, -0.1) is 11.3 Å². The normalized spacial score (nSPS) is 10.4. The number of carbonyl (C=O) groups excluding carboxylic acids is 2. The van der Waals surface area contributed by atoms with Gasteiger partial charge in [-0.1, -0.05) is 18.2 Å². The first-order valence-corrected chi connectivity index (χ1v) is 9.07. The second kappa shape index (κ2) is 7.37. The van der Waals surface area contributed by atoms with Gasteiger partial charge in [0.15, 0.2) is 5.13 Å². The van der Waals surface area contributed by atoms with Crippen LogP contribution in [0.2, 0.25) is 0 Å². The number of para-hydroxylation sites is 1. The minimum Gasteiger partial charge on any atom is -0.326 e. The fourth-order valence-electron chi connectivity index (χ4n) is 2.08. The van der Waals surface area contributed by atoms with Crippen molar-refractivity contribution in [3.63, 3.8) is 0 Å². The summed E-state index contributed by atoms with van der Waals surface area (Å²) >= 11 is 2.77. The summed E-state index contributed by atoms with van der Waals surface area (Å²) in [5, 5.41) is 11.5. The highest BCUT2D eigenvalue weighted by molar-refractivity contribution is 7.14. The first kappa shape index (κ1) is 16.4. The molecule has 0 aliphatic carbocycles. The Morgan fingerprint density at radius 2 is 1.96 bits per heavy atom. The Labute approximate surface area is 147 Å². The van der Waals surface area contributed by atoms with Crippen LogP contribution in [0.15, 0.2) is 46.5 Å². The summed E-state index contributed by atoms with van der Waals surface area (Å²) in [5.41, 5.74) is 3.04. The fraction of sp³-hybridized carbons (Fsp3) is 0.118. The molecule has 0 saturated heterocycles. The van der Waals surface area contributed by atoms with Crippen LogP contribution in [-0.4, -0.2) is 16.8 Å². The molecule has 2 amide bonds. The van der Waals surface area contributed by atoms with E-state index >= 15 is 0 Å². The van der Waals surface area contributed by atoms with E-state index in [4.69, 9.17) is 0 Å². The molecule has 0 aliphatic heterocycles. The summed E-state index contributed by atoms with van der Waals surface area (Å²) in [5.74, 6) is -0.327. The number of aromatic nitrogens is 1. The summed E-state index contributed by atoms with van der Waals surface area (Å²) in [7, 11) is 0. The highest BCUT2D eigenvalue weighted by Crippen LogP contribution is 2.19. The molecule has 0 spiro atoms. The van der Waals surface area contributed by atoms with Gasteiger partial charge < -0.3 is 5.32 Å². The van der Waals surface area contributed by atoms with Crippen LogP contribution in [-0.2, 0) is 11.2 Å².